The third-order valence-corrected chi connectivity index (χ3v) is 5.70. The van der Waals surface area contributed by atoms with Gasteiger partial charge in [-0.25, -0.2) is 9.66 Å². The van der Waals surface area contributed by atoms with Gasteiger partial charge in [0.15, 0.2) is 0 Å². The molecule has 0 saturated carbocycles. The van der Waals surface area contributed by atoms with E-state index in [1.807, 2.05) is 18.2 Å². The summed E-state index contributed by atoms with van der Waals surface area (Å²) in [4.78, 5) is 6.94. The molecular weight excluding hydrogens is 334 g/mol. The maximum Gasteiger partial charge on any atom is 0.148 e. The van der Waals surface area contributed by atoms with Crippen molar-refractivity contribution in [2.45, 2.75) is 12.0 Å². The second-order valence-electron chi connectivity index (χ2n) is 6.77. The molecule has 2 aliphatic heterocycles. The highest BCUT2D eigenvalue weighted by atomic mass is 35.5. The Kier molecular flexibility index (Phi) is 2.96. The van der Waals surface area contributed by atoms with Crippen molar-refractivity contribution < 1.29 is 0 Å². The van der Waals surface area contributed by atoms with Crippen LogP contribution in [0.5, 0.6) is 0 Å². The lowest BCUT2D eigenvalue weighted by Gasteiger charge is -2.41. The van der Waals surface area contributed by atoms with Gasteiger partial charge in [-0.05, 0) is 29.8 Å². The highest BCUT2D eigenvalue weighted by Gasteiger charge is 2.50. The Labute approximate surface area is 150 Å². The number of benzene rings is 2. The van der Waals surface area contributed by atoms with Crippen LogP contribution in [0, 0.1) is 0 Å². The van der Waals surface area contributed by atoms with Crippen LogP contribution in [0.4, 0.5) is 5.69 Å². The number of aromatic nitrogens is 2. The van der Waals surface area contributed by atoms with E-state index in [1.165, 1.54) is 11.3 Å². The second kappa shape index (κ2) is 5.00. The minimum absolute atomic E-state index is 0.00530. The molecule has 1 aromatic heterocycles. The summed E-state index contributed by atoms with van der Waals surface area (Å²) in [6.07, 6.45) is 0. The minimum Gasteiger partial charge on any atom is -0.337 e. The van der Waals surface area contributed by atoms with Gasteiger partial charge in [0.1, 0.15) is 5.82 Å². The summed E-state index contributed by atoms with van der Waals surface area (Å²) in [5.41, 5.74) is 5.32. The van der Waals surface area contributed by atoms with E-state index in [-0.39, 0.29) is 5.41 Å². The van der Waals surface area contributed by atoms with E-state index < -0.39 is 0 Å². The maximum absolute atomic E-state index is 6.29. The minimum atomic E-state index is 0.00530. The summed E-state index contributed by atoms with van der Waals surface area (Å²) < 4.78 is 1.63. The summed E-state index contributed by atoms with van der Waals surface area (Å²) in [6, 6.07) is 14.1. The highest BCUT2D eigenvalue weighted by molar-refractivity contribution is 6.31. The van der Waals surface area contributed by atoms with Gasteiger partial charge in [-0.2, -0.15) is 0 Å². The van der Waals surface area contributed by atoms with E-state index in [1.54, 1.807) is 4.68 Å². The van der Waals surface area contributed by atoms with E-state index in [9.17, 15) is 0 Å². The summed E-state index contributed by atoms with van der Waals surface area (Å²) in [6.45, 7) is 6.84. The van der Waals surface area contributed by atoms with Crippen LogP contribution >= 0.6 is 11.6 Å². The zero-order chi connectivity index (χ0) is 17.2. The molecule has 6 heteroatoms. The van der Waals surface area contributed by atoms with E-state index in [0.29, 0.717) is 11.6 Å². The number of fused-ring (bicyclic) bond motifs is 3. The Morgan fingerprint density at radius 3 is 2.80 bits per heavy atom. The number of hydrogen-bond acceptors (Lipinski definition) is 4. The van der Waals surface area contributed by atoms with E-state index in [2.05, 4.69) is 41.1 Å². The number of nitrogen functional groups attached to an aromatic ring is 1. The van der Waals surface area contributed by atoms with E-state index in [4.69, 9.17) is 22.4 Å². The molecule has 5 rings (SSSR count). The molecule has 0 aliphatic carbocycles. The fourth-order valence-electron chi connectivity index (χ4n) is 3.99. The van der Waals surface area contributed by atoms with E-state index >= 15 is 0 Å². The van der Waals surface area contributed by atoms with Gasteiger partial charge in [0, 0.05) is 29.5 Å². The lowest BCUT2D eigenvalue weighted by molar-refractivity contribution is 0.334. The number of halogens is 1. The number of rotatable bonds is 2. The number of para-hydroxylation sites is 1. The van der Waals surface area contributed by atoms with Crippen molar-refractivity contribution >= 4 is 28.3 Å². The van der Waals surface area contributed by atoms with Gasteiger partial charge in [-0.1, -0.05) is 36.4 Å². The zero-order valence-corrected chi connectivity index (χ0v) is 14.4. The van der Waals surface area contributed by atoms with Crippen LogP contribution < -0.4 is 16.1 Å². The van der Waals surface area contributed by atoms with Gasteiger partial charge < -0.3 is 16.1 Å². The Hall–Kier alpha value is -2.50. The standard InChI is InChI=1S/C19H18ClN5/c1-12-19(10-22-11-19)14-4-2-3-5-16(14)24(12)9-18-23-15-7-6-13(20)8-17(15)25(18)21/h2-8,22H,1,9-11,21H2. The average Bonchev–Trinajstić information content (AvgIpc) is 3.01. The first-order valence-electron chi connectivity index (χ1n) is 8.29. The molecule has 0 amide bonds. The van der Waals surface area contributed by atoms with Crippen molar-refractivity contribution in [2.75, 3.05) is 23.8 Å². The molecule has 3 N–H and O–H groups in total. The normalized spacial score (nSPS) is 18.0. The van der Waals surface area contributed by atoms with Crippen molar-refractivity contribution in [3.63, 3.8) is 0 Å². The Morgan fingerprint density at radius 1 is 1.24 bits per heavy atom. The third-order valence-electron chi connectivity index (χ3n) is 5.47. The molecule has 0 unspecified atom stereocenters. The SMILES string of the molecule is C=C1N(Cc2nc3ccc(Cl)cc3n2N)c2ccccc2C12CNC2. The van der Waals surface area contributed by atoms with Crippen molar-refractivity contribution in [3.8, 4) is 0 Å². The molecule has 1 spiro atoms. The largest absolute Gasteiger partial charge is 0.337 e. The number of imidazole rings is 1. The average molecular weight is 352 g/mol. The molecule has 25 heavy (non-hydrogen) atoms. The fraction of sp³-hybridized carbons (Fsp3) is 0.211. The Morgan fingerprint density at radius 2 is 2.04 bits per heavy atom. The molecule has 1 fully saturated rings. The smallest absolute Gasteiger partial charge is 0.148 e. The Balaban J connectivity index is 1.59. The first-order valence-corrected chi connectivity index (χ1v) is 8.67. The lowest BCUT2D eigenvalue weighted by atomic mass is 9.75. The summed E-state index contributed by atoms with van der Waals surface area (Å²) in [7, 11) is 0. The molecule has 0 radical (unpaired) electrons. The number of nitrogens with two attached hydrogens (primary N) is 1. The molecular formula is C19H18ClN5. The van der Waals surface area contributed by atoms with Crippen molar-refractivity contribution in [1.29, 1.82) is 0 Å². The van der Waals surface area contributed by atoms with Crippen LogP contribution in [0.2, 0.25) is 5.02 Å². The molecule has 5 nitrogen and oxygen atoms in total. The Bertz CT molecular complexity index is 1020. The quantitative estimate of drug-likeness (QED) is 0.697. The highest BCUT2D eigenvalue weighted by Crippen LogP contribution is 2.49. The topological polar surface area (TPSA) is 59.1 Å². The predicted octanol–water partition coefficient (Wildman–Crippen LogP) is 2.78. The van der Waals surface area contributed by atoms with Gasteiger partial charge in [0.2, 0.25) is 0 Å². The summed E-state index contributed by atoms with van der Waals surface area (Å²) in [5, 5.41) is 4.04. The number of hydrogen-bond donors (Lipinski definition) is 2. The van der Waals surface area contributed by atoms with Gasteiger partial charge in [-0.15, -0.1) is 0 Å². The lowest BCUT2D eigenvalue weighted by Crippen LogP contribution is -2.57. The van der Waals surface area contributed by atoms with Crippen LogP contribution in [0.25, 0.3) is 11.0 Å². The second-order valence-corrected chi connectivity index (χ2v) is 7.20. The molecule has 0 bridgehead atoms. The summed E-state index contributed by atoms with van der Waals surface area (Å²) in [5.74, 6) is 7.08. The molecule has 1 saturated heterocycles. The molecule has 126 valence electrons. The van der Waals surface area contributed by atoms with Crippen LogP contribution in [0.1, 0.15) is 11.4 Å². The molecule has 2 aliphatic rings. The maximum atomic E-state index is 6.29. The zero-order valence-electron chi connectivity index (χ0n) is 13.7. The van der Waals surface area contributed by atoms with Gasteiger partial charge in [0.05, 0.1) is 23.0 Å². The monoisotopic (exact) mass is 351 g/mol. The molecule has 3 heterocycles. The first kappa shape index (κ1) is 14.8. The van der Waals surface area contributed by atoms with Crippen molar-refractivity contribution in [1.82, 2.24) is 15.0 Å². The molecule has 3 aromatic rings. The van der Waals surface area contributed by atoms with Crippen LogP contribution in [0.3, 0.4) is 0 Å². The number of anilines is 1. The molecule has 0 atom stereocenters. The van der Waals surface area contributed by atoms with E-state index in [0.717, 1.165) is 35.6 Å². The third kappa shape index (κ3) is 1.91. The van der Waals surface area contributed by atoms with Gasteiger partial charge in [-0.3, -0.25) is 0 Å². The van der Waals surface area contributed by atoms with Crippen LogP contribution in [-0.4, -0.2) is 22.7 Å². The van der Waals surface area contributed by atoms with Crippen molar-refractivity contribution in [3.05, 3.63) is 71.2 Å². The predicted molar refractivity (Wildman–Crippen MR) is 101 cm³/mol. The molecule has 2 aromatic carbocycles. The van der Waals surface area contributed by atoms with Gasteiger partial charge in [0.25, 0.3) is 0 Å². The number of nitrogens with zero attached hydrogens (tertiary/aromatic N) is 3. The fourth-order valence-corrected chi connectivity index (χ4v) is 4.16. The van der Waals surface area contributed by atoms with Crippen LogP contribution in [0.15, 0.2) is 54.7 Å². The van der Waals surface area contributed by atoms with Gasteiger partial charge >= 0.3 is 0 Å². The van der Waals surface area contributed by atoms with Crippen molar-refractivity contribution in [2.24, 2.45) is 0 Å². The first-order chi connectivity index (χ1) is 12.1. The number of nitrogens with one attached hydrogen (secondary N) is 1. The summed E-state index contributed by atoms with van der Waals surface area (Å²) >= 11 is 6.10. The van der Waals surface area contributed by atoms with Crippen LogP contribution in [-0.2, 0) is 12.0 Å².